The minimum Gasteiger partial charge on any atom is -0.466 e. The highest BCUT2D eigenvalue weighted by Crippen LogP contribution is 2.45. The van der Waals surface area contributed by atoms with E-state index in [9.17, 15) is 14.7 Å². The molecule has 0 saturated carbocycles. The number of urea groups is 1. The number of esters is 1. The van der Waals surface area contributed by atoms with Gasteiger partial charge in [0.15, 0.2) is 0 Å². The number of amides is 2. The number of hydrogen-bond acceptors (Lipinski definition) is 6. The minimum absolute atomic E-state index is 0.0429. The third-order valence-corrected chi connectivity index (χ3v) is 6.30. The van der Waals surface area contributed by atoms with Crippen LogP contribution in [-0.4, -0.2) is 70.5 Å². The molecule has 0 aromatic carbocycles. The quantitative estimate of drug-likeness (QED) is 0.778. The standard InChI is InChI=1S/C20H27N3O5/c1-11-17(12(2)28-21-11)15-10-13-4-5-16(18(15)19(25)27-3)23(13)20(26)22-8-6-14(24)7-9-22/h13-14,16,24H,4-10H2,1-3H3. The number of piperidine rings is 1. The van der Waals surface area contributed by atoms with Crippen LogP contribution in [0.15, 0.2) is 10.1 Å². The molecule has 1 N–H and O–H groups in total. The smallest absolute Gasteiger partial charge is 0.336 e. The molecular formula is C20H27N3O5. The minimum atomic E-state index is -0.396. The van der Waals surface area contributed by atoms with Crippen molar-refractivity contribution in [2.24, 2.45) is 0 Å². The number of aromatic nitrogens is 1. The summed E-state index contributed by atoms with van der Waals surface area (Å²) >= 11 is 0. The summed E-state index contributed by atoms with van der Waals surface area (Å²) in [6.07, 6.45) is 3.03. The van der Waals surface area contributed by atoms with Crippen LogP contribution in [0.4, 0.5) is 4.79 Å². The lowest BCUT2D eigenvalue weighted by Gasteiger charge is -2.41. The van der Waals surface area contributed by atoms with Crippen LogP contribution in [0.1, 0.15) is 49.1 Å². The fourth-order valence-electron chi connectivity index (χ4n) is 4.94. The number of aliphatic hydroxyl groups excluding tert-OH is 1. The van der Waals surface area contributed by atoms with Gasteiger partial charge in [0.1, 0.15) is 5.76 Å². The fourth-order valence-corrected chi connectivity index (χ4v) is 4.94. The molecule has 2 unspecified atom stereocenters. The maximum atomic E-state index is 13.3. The monoisotopic (exact) mass is 389 g/mol. The molecule has 2 saturated heterocycles. The van der Waals surface area contributed by atoms with Gasteiger partial charge in [-0.2, -0.15) is 0 Å². The van der Waals surface area contributed by atoms with Gasteiger partial charge < -0.3 is 24.2 Å². The molecule has 0 radical (unpaired) electrons. The van der Waals surface area contributed by atoms with E-state index in [4.69, 9.17) is 9.26 Å². The molecule has 4 heterocycles. The topological polar surface area (TPSA) is 96.1 Å². The zero-order valence-electron chi connectivity index (χ0n) is 16.6. The highest BCUT2D eigenvalue weighted by Gasteiger charge is 2.48. The first-order valence-electron chi connectivity index (χ1n) is 9.92. The van der Waals surface area contributed by atoms with E-state index in [1.165, 1.54) is 7.11 Å². The number of hydrogen-bond donors (Lipinski definition) is 1. The van der Waals surface area contributed by atoms with E-state index in [1.807, 2.05) is 18.7 Å². The molecule has 28 heavy (non-hydrogen) atoms. The summed E-state index contributed by atoms with van der Waals surface area (Å²) in [6, 6.07) is -0.297. The molecule has 2 fully saturated rings. The lowest BCUT2D eigenvalue weighted by Crippen LogP contribution is -2.54. The Labute approximate surface area is 164 Å². The van der Waals surface area contributed by atoms with Crippen LogP contribution in [0.3, 0.4) is 0 Å². The SMILES string of the molecule is COC(=O)C1=C(c2c(C)noc2C)CC2CCC1N2C(=O)N1CCC(O)CC1. The number of fused-ring (bicyclic) bond motifs is 2. The first-order valence-corrected chi connectivity index (χ1v) is 9.92. The van der Waals surface area contributed by atoms with Crippen molar-refractivity contribution in [3.05, 3.63) is 22.6 Å². The number of aliphatic hydroxyl groups is 1. The number of likely N-dealkylation sites (tertiary alicyclic amines) is 1. The summed E-state index contributed by atoms with van der Waals surface area (Å²) in [5.41, 5.74) is 3.06. The zero-order chi connectivity index (χ0) is 20.0. The summed E-state index contributed by atoms with van der Waals surface area (Å²) in [4.78, 5) is 29.7. The van der Waals surface area contributed by atoms with Crippen molar-refractivity contribution < 1.29 is 24.0 Å². The molecule has 2 atom stereocenters. The van der Waals surface area contributed by atoms with Gasteiger partial charge in [0, 0.05) is 24.7 Å². The van der Waals surface area contributed by atoms with Crippen LogP contribution < -0.4 is 0 Å². The second-order valence-corrected chi connectivity index (χ2v) is 7.94. The Balaban J connectivity index is 1.71. The van der Waals surface area contributed by atoms with Gasteiger partial charge >= 0.3 is 12.0 Å². The summed E-state index contributed by atoms with van der Waals surface area (Å²) in [7, 11) is 1.37. The van der Waals surface area contributed by atoms with Crippen LogP contribution >= 0.6 is 0 Å². The van der Waals surface area contributed by atoms with Gasteiger partial charge in [-0.25, -0.2) is 9.59 Å². The maximum Gasteiger partial charge on any atom is 0.336 e. The molecule has 8 heteroatoms. The van der Waals surface area contributed by atoms with Crippen molar-refractivity contribution in [2.75, 3.05) is 20.2 Å². The third-order valence-electron chi connectivity index (χ3n) is 6.30. The number of nitrogens with zero attached hydrogens (tertiary/aromatic N) is 3. The molecule has 8 nitrogen and oxygen atoms in total. The van der Waals surface area contributed by atoms with E-state index in [2.05, 4.69) is 5.16 Å². The molecular weight excluding hydrogens is 362 g/mol. The Kier molecular flexibility index (Phi) is 4.91. The number of ether oxygens (including phenoxy) is 1. The van der Waals surface area contributed by atoms with Gasteiger partial charge in [-0.3, -0.25) is 0 Å². The molecule has 3 aliphatic rings. The number of carbonyl (C=O) groups excluding carboxylic acids is 2. The molecule has 152 valence electrons. The van der Waals surface area contributed by atoms with Crippen molar-refractivity contribution >= 4 is 17.6 Å². The molecule has 1 aromatic rings. The van der Waals surface area contributed by atoms with Crippen LogP contribution in [0, 0.1) is 13.8 Å². The molecule has 2 amide bonds. The Morgan fingerprint density at radius 2 is 1.89 bits per heavy atom. The third kappa shape index (κ3) is 2.99. The summed E-state index contributed by atoms with van der Waals surface area (Å²) in [6.45, 7) is 4.80. The molecule has 1 aromatic heterocycles. The van der Waals surface area contributed by atoms with Crippen LogP contribution in [0.25, 0.3) is 5.57 Å². The van der Waals surface area contributed by atoms with Crippen LogP contribution in [-0.2, 0) is 9.53 Å². The molecule has 2 bridgehead atoms. The van der Waals surface area contributed by atoms with Gasteiger partial charge in [0.2, 0.25) is 0 Å². The van der Waals surface area contributed by atoms with E-state index in [1.54, 1.807) is 4.90 Å². The van der Waals surface area contributed by atoms with E-state index in [0.717, 1.165) is 29.7 Å². The Morgan fingerprint density at radius 1 is 1.18 bits per heavy atom. The van der Waals surface area contributed by atoms with Crippen LogP contribution in [0.5, 0.6) is 0 Å². The van der Waals surface area contributed by atoms with Crippen molar-refractivity contribution in [1.82, 2.24) is 15.0 Å². The summed E-state index contributed by atoms with van der Waals surface area (Å²) in [5.74, 6) is 0.283. The second-order valence-electron chi connectivity index (χ2n) is 7.94. The highest BCUT2D eigenvalue weighted by molar-refractivity contribution is 6.01. The average molecular weight is 389 g/mol. The van der Waals surface area contributed by atoms with Gasteiger partial charge in [-0.1, -0.05) is 5.16 Å². The number of carbonyl (C=O) groups is 2. The van der Waals surface area contributed by atoms with Gasteiger partial charge in [0.25, 0.3) is 0 Å². The van der Waals surface area contributed by atoms with Crippen molar-refractivity contribution in [1.29, 1.82) is 0 Å². The van der Waals surface area contributed by atoms with E-state index >= 15 is 0 Å². The van der Waals surface area contributed by atoms with E-state index in [-0.39, 0.29) is 24.2 Å². The molecule has 4 rings (SSSR count). The largest absolute Gasteiger partial charge is 0.466 e. The first kappa shape index (κ1) is 19.0. The van der Waals surface area contributed by atoms with Crippen molar-refractivity contribution in [3.63, 3.8) is 0 Å². The fraction of sp³-hybridized carbons (Fsp3) is 0.650. The first-order chi connectivity index (χ1) is 13.4. The van der Waals surface area contributed by atoms with Crippen molar-refractivity contribution in [3.8, 4) is 0 Å². The van der Waals surface area contributed by atoms with Gasteiger partial charge in [-0.15, -0.1) is 0 Å². The highest BCUT2D eigenvalue weighted by atomic mass is 16.5. The summed E-state index contributed by atoms with van der Waals surface area (Å²) in [5, 5.41) is 13.8. The van der Waals surface area contributed by atoms with Gasteiger partial charge in [-0.05, 0) is 51.5 Å². The predicted octanol–water partition coefficient (Wildman–Crippen LogP) is 2.03. The number of aryl methyl sites for hydroxylation is 2. The molecule has 0 spiro atoms. The number of methoxy groups -OCH3 is 1. The normalized spacial score (nSPS) is 25.4. The molecule has 3 aliphatic heterocycles. The summed E-state index contributed by atoms with van der Waals surface area (Å²) < 4.78 is 10.4. The zero-order valence-corrected chi connectivity index (χ0v) is 16.6. The van der Waals surface area contributed by atoms with Gasteiger partial charge in [0.05, 0.1) is 30.5 Å². The van der Waals surface area contributed by atoms with Crippen molar-refractivity contribution in [2.45, 2.75) is 64.1 Å². The Bertz CT molecular complexity index is 802. The molecule has 0 aliphatic carbocycles. The van der Waals surface area contributed by atoms with E-state index in [0.29, 0.717) is 43.7 Å². The lowest BCUT2D eigenvalue weighted by atomic mass is 9.87. The van der Waals surface area contributed by atoms with Crippen LogP contribution in [0.2, 0.25) is 0 Å². The maximum absolute atomic E-state index is 13.3. The average Bonchev–Trinajstić information content (AvgIpc) is 3.18. The predicted molar refractivity (Wildman–Crippen MR) is 100 cm³/mol. The second kappa shape index (κ2) is 7.24. The Hall–Kier alpha value is -2.35. The Morgan fingerprint density at radius 3 is 2.50 bits per heavy atom. The number of rotatable bonds is 2. The van der Waals surface area contributed by atoms with E-state index < -0.39 is 5.97 Å². The lowest BCUT2D eigenvalue weighted by molar-refractivity contribution is -0.136.